The molecule has 1 unspecified atom stereocenters. The molecule has 1 N–H and O–H groups in total. The fourth-order valence-corrected chi connectivity index (χ4v) is 3.33. The molecule has 2 aromatic rings. The molecule has 0 aliphatic carbocycles. The summed E-state index contributed by atoms with van der Waals surface area (Å²) < 4.78 is 1.42. The third-order valence-electron chi connectivity index (χ3n) is 4.59. The van der Waals surface area contributed by atoms with Gasteiger partial charge in [0.1, 0.15) is 0 Å². The van der Waals surface area contributed by atoms with Crippen molar-refractivity contribution in [2.24, 2.45) is 7.05 Å². The predicted octanol–water partition coefficient (Wildman–Crippen LogP) is 3.12. The molecule has 27 heavy (non-hydrogen) atoms. The summed E-state index contributed by atoms with van der Waals surface area (Å²) >= 11 is 6.25. The monoisotopic (exact) mass is 390 g/mol. The summed E-state index contributed by atoms with van der Waals surface area (Å²) in [7, 11) is 1.64. The summed E-state index contributed by atoms with van der Waals surface area (Å²) in [6, 6.07) is 8.74. The van der Waals surface area contributed by atoms with Crippen LogP contribution in [0.1, 0.15) is 43.1 Å². The van der Waals surface area contributed by atoms with Crippen molar-refractivity contribution < 1.29 is 9.90 Å². The van der Waals surface area contributed by atoms with Gasteiger partial charge in [0.25, 0.3) is 0 Å². The number of amides is 1. The van der Waals surface area contributed by atoms with Crippen LogP contribution in [-0.2, 0) is 24.7 Å². The van der Waals surface area contributed by atoms with E-state index in [1.165, 1.54) is 10.6 Å². The topological polar surface area (TPSA) is 62.5 Å². The van der Waals surface area contributed by atoms with Crippen molar-refractivity contribution in [3.8, 4) is 0 Å². The number of hydrogen-bond acceptors (Lipinski definition) is 3. The third kappa shape index (κ3) is 5.68. The molecule has 0 aliphatic rings. The lowest BCUT2D eigenvalue weighted by Crippen LogP contribution is -2.36. The zero-order valence-corrected chi connectivity index (χ0v) is 16.9. The molecule has 0 fully saturated rings. The summed E-state index contributed by atoms with van der Waals surface area (Å²) in [6.07, 6.45) is 2.63. The maximum Gasteiger partial charge on any atom is 0.250 e. The van der Waals surface area contributed by atoms with Crippen molar-refractivity contribution in [1.82, 2.24) is 9.47 Å². The van der Waals surface area contributed by atoms with Gasteiger partial charge in [-0.05, 0) is 41.7 Å². The molecule has 1 heterocycles. The minimum Gasteiger partial charge on any atom is -0.386 e. The van der Waals surface area contributed by atoms with E-state index in [1.54, 1.807) is 24.2 Å². The van der Waals surface area contributed by atoms with E-state index in [4.69, 9.17) is 11.6 Å². The first kappa shape index (κ1) is 21.2. The molecule has 0 aliphatic heterocycles. The second kappa shape index (κ2) is 9.72. The quantitative estimate of drug-likeness (QED) is 0.753. The largest absolute Gasteiger partial charge is 0.386 e. The van der Waals surface area contributed by atoms with Crippen LogP contribution < -0.4 is 5.56 Å². The molecule has 0 bridgehead atoms. The summed E-state index contributed by atoms with van der Waals surface area (Å²) in [5, 5.41) is 11.2. The highest BCUT2D eigenvalue weighted by Gasteiger charge is 2.19. The van der Waals surface area contributed by atoms with Gasteiger partial charge < -0.3 is 14.6 Å². The van der Waals surface area contributed by atoms with Crippen molar-refractivity contribution in [1.29, 1.82) is 0 Å². The van der Waals surface area contributed by atoms with Gasteiger partial charge in [-0.1, -0.05) is 37.6 Å². The van der Waals surface area contributed by atoms with Crippen LogP contribution in [0.25, 0.3) is 0 Å². The maximum atomic E-state index is 12.8. The first-order chi connectivity index (χ1) is 12.8. The Hall–Kier alpha value is -2.11. The van der Waals surface area contributed by atoms with E-state index in [1.807, 2.05) is 32.0 Å². The Balaban J connectivity index is 2.10. The Kier molecular flexibility index (Phi) is 7.63. The normalized spacial score (nSPS) is 12.0. The number of carbonyl (C=O) groups is 1. The zero-order valence-electron chi connectivity index (χ0n) is 16.1. The fourth-order valence-electron chi connectivity index (χ4n) is 2.99. The Morgan fingerprint density at radius 3 is 2.59 bits per heavy atom. The molecule has 0 spiro atoms. The Morgan fingerprint density at radius 2 is 2.00 bits per heavy atom. The third-order valence-corrected chi connectivity index (χ3v) is 4.94. The second-order valence-electron chi connectivity index (χ2n) is 6.72. The number of aliphatic hydroxyl groups is 1. The van der Waals surface area contributed by atoms with Crippen molar-refractivity contribution in [3.63, 3.8) is 0 Å². The smallest absolute Gasteiger partial charge is 0.250 e. The number of nitrogens with zero attached hydrogens (tertiary/aromatic N) is 2. The highest BCUT2D eigenvalue weighted by Crippen LogP contribution is 2.20. The van der Waals surface area contributed by atoms with E-state index in [0.29, 0.717) is 17.1 Å². The number of benzene rings is 1. The minimum atomic E-state index is -0.849. The SMILES string of the molecule is CCCN(CC(O)c1ccc(=O)n(C)c1)C(=O)Cc1ccc(CC)c(Cl)c1. The van der Waals surface area contributed by atoms with Crippen LogP contribution in [0.4, 0.5) is 0 Å². The molecule has 1 atom stereocenters. The van der Waals surface area contributed by atoms with Crippen molar-refractivity contribution >= 4 is 17.5 Å². The van der Waals surface area contributed by atoms with Gasteiger partial charge in [0.05, 0.1) is 19.1 Å². The van der Waals surface area contributed by atoms with E-state index in [-0.39, 0.29) is 24.4 Å². The number of aliphatic hydroxyl groups excluding tert-OH is 1. The van der Waals surface area contributed by atoms with Crippen molar-refractivity contribution in [3.05, 3.63) is 68.6 Å². The van der Waals surface area contributed by atoms with Crippen molar-refractivity contribution in [2.45, 2.75) is 39.2 Å². The van der Waals surface area contributed by atoms with Gasteiger partial charge in [-0.25, -0.2) is 0 Å². The van der Waals surface area contributed by atoms with Crippen LogP contribution in [0.3, 0.4) is 0 Å². The molecule has 1 aromatic heterocycles. The van der Waals surface area contributed by atoms with Crippen LogP contribution in [0.5, 0.6) is 0 Å². The lowest BCUT2D eigenvalue weighted by atomic mass is 10.1. The van der Waals surface area contributed by atoms with E-state index >= 15 is 0 Å². The average molecular weight is 391 g/mol. The lowest BCUT2D eigenvalue weighted by Gasteiger charge is -2.25. The highest BCUT2D eigenvalue weighted by molar-refractivity contribution is 6.31. The van der Waals surface area contributed by atoms with Gasteiger partial charge in [0.2, 0.25) is 11.5 Å². The van der Waals surface area contributed by atoms with Crippen LogP contribution in [0, 0.1) is 0 Å². The van der Waals surface area contributed by atoms with Gasteiger partial charge in [-0.15, -0.1) is 0 Å². The van der Waals surface area contributed by atoms with Gasteiger partial charge in [-0.2, -0.15) is 0 Å². The number of carbonyl (C=O) groups excluding carboxylic acids is 1. The van der Waals surface area contributed by atoms with Crippen LogP contribution in [-0.4, -0.2) is 33.6 Å². The fraction of sp³-hybridized carbons (Fsp3) is 0.429. The molecule has 2 rings (SSSR count). The summed E-state index contributed by atoms with van der Waals surface area (Å²) in [5.74, 6) is -0.0546. The Labute approximate surface area is 165 Å². The second-order valence-corrected chi connectivity index (χ2v) is 7.13. The van der Waals surface area contributed by atoms with Gasteiger partial charge >= 0.3 is 0 Å². The van der Waals surface area contributed by atoms with E-state index in [2.05, 4.69) is 0 Å². The number of pyridine rings is 1. The van der Waals surface area contributed by atoms with Crippen LogP contribution in [0.15, 0.2) is 41.3 Å². The van der Waals surface area contributed by atoms with E-state index in [9.17, 15) is 14.7 Å². The highest BCUT2D eigenvalue weighted by atomic mass is 35.5. The molecule has 0 saturated heterocycles. The molecule has 0 radical (unpaired) electrons. The minimum absolute atomic E-state index is 0.0546. The number of hydrogen-bond donors (Lipinski definition) is 1. The van der Waals surface area contributed by atoms with Gasteiger partial charge in [-0.3, -0.25) is 9.59 Å². The number of rotatable bonds is 8. The molecule has 6 heteroatoms. The number of halogens is 1. The molecular weight excluding hydrogens is 364 g/mol. The standard InChI is InChI=1S/C21H27ClN2O3/c1-4-10-24(14-19(25)17-8-9-20(26)23(3)13-17)21(27)12-15-6-7-16(5-2)18(22)11-15/h6-9,11,13,19,25H,4-5,10,12,14H2,1-3H3. The van der Waals surface area contributed by atoms with Gasteiger partial charge in [0.15, 0.2) is 0 Å². The van der Waals surface area contributed by atoms with Gasteiger partial charge in [0, 0.05) is 30.9 Å². The lowest BCUT2D eigenvalue weighted by molar-refractivity contribution is -0.132. The average Bonchev–Trinajstić information content (AvgIpc) is 2.63. The summed E-state index contributed by atoms with van der Waals surface area (Å²) in [6.45, 7) is 4.77. The Bertz CT molecular complexity index is 848. The summed E-state index contributed by atoms with van der Waals surface area (Å²) in [4.78, 5) is 25.9. The Morgan fingerprint density at radius 1 is 1.26 bits per heavy atom. The number of aryl methyl sites for hydroxylation is 2. The van der Waals surface area contributed by atoms with E-state index in [0.717, 1.165) is 24.0 Å². The van der Waals surface area contributed by atoms with E-state index < -0.39 is 6.10 Å². The molecule has 1 amide bonds. The molecule has 1 aromatic carbocycles. The van der Waals surface area contributed by atoms with Crippen LogP contribution >= 0.6 is 11.6 Å². The van der Waals surface area contributed by atoms with Crippen molar-refractivity contribution in [2.75, 3.05) is 13.1 Å². The summed E-state index contributed by atoms with van der Waals surface area (Å²) in [5.41, 5.74) is 2.39. The first-order valence-electron chi connectivity index (χ1n) is 9.25. The van der Waals surface area contributed by atoms with Crippen LogP contribution in [0.2, 0.25) is 5.02 Å². The molecule has 146 valence electrons. The molecular formula is C21H27ClN2O3. The molecule has 5 nitrogen and oxygen atoms in total. The zero-order chi connectivity index (χ0) is 20.0. The molecule has 0 saturated carbocycles. The maximum absolute atomic E-state index is 12.8. The first-order valence-corrected chi connectivity index (χ1v) is 9.63. The number of aromatic nitrogens is 1. The predicted molar refractivity (Wildman–Crippen MR) is 108 cm³/mol.